The molecule has 72 valence electrons. The van der Waals surface area contributed by atoms with E-state index >= 15 is 0 Å². The van der Waals surface area contributed by atoms with Gasteiger partial charge in [-0.3, -0.25) is 0 Å². The van der Waals surface area contributed by atoms with Crippen LogP contribution in [-0.4, -0.2) is 18.2 Å². The van der Waals surface area contributed by atoms with Gasteiger partial charge in [0.15, 0.2) is 0 Å². The van der Waals surface area contributed by atoms with Crippen molar-refractivity contribution >= 4 is 0 Å². The Morgan fingerprint density at radius 1 is 1.67 bits per heavy atom. The molecule has 1 heterocycles. The van der Waals surface area contributed by atoms with Crippen molar-refractivity contribution < 1.29 is 4.74 Å². The second kappa shape index (κ2) is 3.75. The highest BCUT2D eigenvalue weighted by Crippen LogP contribution is 2.32. The summed E-state index contributed by atoms with van der Waals surface area (Å²) in [4.78, 5) is 0. The maximum Gasteiger partial charge on any atom is 0.0694 e. The van der Waals surface area contributed by atoms with Crippen LogP contribution in [-0.2, 0) is 4.74 Å². The molecule has 1 rings (SSSR count). The summed E-state index contributed by atoms with van der Waals surface area (Å²) in [5.74, 6) is 0.615. The molecule has 1 saturated heterocycles. The lowest BCUT2D eigenvalue weighted by atomic mass is 9.81. The van der Waals surface area contributed by atoms with Crippen molar-refractivity contribution in [2.24, 2.45) is 11.7 Å². The van der Waals surface area contributed by atoms with Gasteiger partial charge >= 0.3 is 0 Å². The summed E-state index contributed by atoms with van der Waals surface area (Å²) >= 11 is 0. The first kappa shape index (κ1) is 10.0. The first-order valence-corrected chi connectivity index (χ1v) is 4.98. The monoisotopic (exact) mass is 171 g/mol. The van der Waals surface area contributed by atoms with Crippen LogP contribution in [0.15, 0.2) is 0 Å². The van der Waals surface area contributed by atoms with Gasteiger partial charge in [-0.2, -0.15) is 0 Å². The molecule has 0 aliphatic carbocycles. The lowest BCUT2D eigenvalue weighted by Crippen LogP contribution is -2.46. The zero-order valence-corrected chi connectivity index (χ0v) is 8.47. The van der Waals surface area contributed by atoms with Gasteiger partial charge in [0.05, 0.1) is 5.60 Å². The SMILES string of the molecule is CCC(C)C1(C)CC(N)CCO1. The standard InChI is InChI=1S/C10H21NO/c1-4-8(2)10(3)7-9(11)5-6-12-10/h8-9H,4-7,11H2,1-3H3. The van der Waals surface area contributed by atoms with Crippen molar-refractivity contribution in [2.45, 2.75) is 51.7 Å². The van der Waals surface area contributed by atoms with E-state index in [1.54, 1.807) is 0 Å². The van der Waals surface area contributed by atoms with Crippen LogP contribution in [0.1, 0.15) is 40.0 Å². The normalized spacial score (nSPS) is 39.5. The minimum Gasteiger partial charge on any atom is -0.375 e. The molecule has 0 aromatic carbocycles. The van der Waals surface area contributed by atoms with Crippen molar-refractivity contribution in [3.05, 3.63) is 0 Å². The van der Waals surface area contributed by atoms with Crippen molar-refractivity contribution in [1.29, 1.82) is 0 Å². The van der Waals surface area contributed by atoms with Crippen molar-refractivity contribution in [3.8, 4) is 0 Å². The molecule has 1 aliphatic heterocycles. The van der Waals surface area contributed by atoms with Gasteiger partial charge in [-0.1, -0.05) is 20.3 Å². The van der Waals surface area contributed by atoms with Crippen LogP contribution >= 0.6 is 0 Å². The van der Waals surface area contributed by atoms with Crippen LogP contribution in [0.2, 0.25) is 0 Å². The third-order valence-corrected chi connectivity index (χ3v) is 3.24. The molecule has 0 aromatic rings. The van der Waals surface area contributed by atoms with E-state index in [9.17, 15) is 0 Å². The Kier molecular flexibility index (Phi) is 3.13. The van der Waals surface area contributed by atoms with Gasteiger partial charge in [0, 0.05) is 12.6 Å². The number of rotatable bonds is 2. The van der Waals surface area contributed by atoms with Gasteiger partial charge in [0.1, 0.15) is 0 Å². The summed E-state index contributed by atoms with van der Waals surface area (Å²) in [7, 11) is 0. The lowest BCUT2D eigenvalue weighted by molar-refractivity contribution is -0.105. The molecule has 0 amide bonds. The second-order valence-electron chi connectivity index (χ2n) is 4.22. The minimum atomic E-state index is 0.0341. The largest absolute Gasteiger partial charge is 0.375 e. The molecule has 12 heavy (non-hydrogen) atoms. The van der Waals surface area contributed by atoms with Gasteiger partial charge in [0.25, 0.3) is 0 Å². The van der Waals surface area contributed by atoms with Crippen LogP contribution in [0.25, 0.3) is 0 Å². The molecule has 3 unspecified atom stereocenters. The van der Waals surface area contributed by atoms with E-state index in [2.05, 4.69) is 20.8 Å². The van der Waals surface area contributed by atoms with E-state index in [-0.39, 0.29) is 5.60 Å². The van der Waals surface area contributed by atoms with Crippen LogP contribution in [0.5, 0.6) is 0 Å². The van der Waals surface area contributed by atoms with Gasteiger partial charge in [-0.25, -0.2) is 0 Å². The van der Waals surface area contributed by atoms with Crippen LogP contribution in [0.4, 0.5) is 0 Å². The van der Waals surface area contributed by atoms with E-state index in [1.807, 2.05) is 0 Å². The topological polar surface area (TPSA) is 35.2 Å². The number of ether oxygens (including phenoxy) is 1. The summed E-state index contributed by atoms with van der Waals surface area (Å²) in [6.07, 6.45) is 3.21. The fraction of sp³-hybridized carbons (Fsp3) is 1.00. The first-order chi connectivity index (χ1) is 5.58. The summed E-state index contributed by atoms with van der Waals surface area (Å²) in [6, 6.07) is 0.345. The van der Waals surface area contributed by atoms with E-state index in [1.165, 1.54) is 6.42 Å². The molecule has 0 spiro atoms. The first-order valence-electron chi connectivity index (χ1n) is 4.98. The average Bonchev–Trinajstić information content (AvgIpc) is 2.02. The Hall–Kier alpha value is -0.0800. The number of hydrogen-bond acceptors (Lipinski definition) is 2. The summed E-state index contributed by atoms with van der Waals surface area (Å²) in [5.41, 5.74) is 5.96. The van der Waals surface area contributed by atoms with Crippen LogP contribution < -0.4 is 5.73 Å². The van der Waals surface area contributed by atoms with E-state index in [4.69, 9.17) is 10.5 Å². The average molecular weight is 171 g/mol. The van der Waals surface area contributed by atoms with E-state index < -0.39 is 0 Å². The Labute approximate surface area is 75.5 Å². The third-order valence-electron chi connectivity index (χ3n) is 3.24. The summed E-state index contributed by atoms with van der Waals surface area (Å²) < 4.78 is 5.81. The maximum atomic E-state index is 5.92. The Balaban J connectivity index is 2.56. The fourth-order valence-electron chi connectivity index (χ4n) is 1.90. The predicted molar refractivity (Wildman–Crippen MR) is 51.0 cm³/mol. The van der Waals surface area contributed by atoms with E-state index in [0.29, 0.717) is 12.0 Å². The van der Waals surface area contributed by atoms with Gasteiger partial charge < -0.3 is 10.5 Å². The van der Waals surface area contributed by atoms with Crippen LogP contribution in [0.3, 0.4) is 0 Å². The highest BCUT2D eigenvalue weighted by atomic mass is 16.5. The highest BCUT2D eigenvalue weighted by molar-refractivity contribution is 4.88. The molecule has 1 fully saturated rings. The molecule has 0 radical (unpaired) electrons. The van der Waals surface area contributed by atoms with Gasteiger partial charge in [-0.05, 0) is 25.7 Å². The quantitative estimate of drug-likeness (QED) is 0.689. The predicted octanol–water partition coefficient (Wildman–Crippen LogP) is 1.93. The smallest absolute Gasteiger partial charge is 0.0694 e. The van der Waals surface area contributed by atoms with Crippen LogP contribution in [0, 0.1) is 5.92 Å². The van der Waals surface area contributed by atoms with Crippen molar-refractivity contribution in [1.82, 2.24) is 0 Å². The fourth-order valence-corrected chi connectivity index (χ4v) is 1.90. The van der Waals surface area contributed by atoms with Crippen molar-refractivity contribution in [2.75, 3.05) is 6.61 Å². The Morgan fingerprint density at radius 2 is 2.33 bits per heavy atom. The molecule has 1 aliphatic rings. The summed E-state index contributed by atoms with van der Waals surface area (Å²) in [6.45, 7) is 7.49. The maximum absolute atomic E-state index is 5.92. The van der Waals surface area contributed by atoms with Gasteiger partial charge in [-0.15, -0.1) is 0 Å². The van der Waals surface area contributed by atoms with E-state index in [0.717, 1.165) is 19.4 Å². The molecule has 3 atom stereocenters. The molecular formula is C10H21NO. The number of hydrogen-bond donors (Lipinski definition) is 1. The van der Waals surface area contributed by atoms with Crippen molar-refractivity contribution in [3.63, 3.8) is 0 Å². The zero-order chi connectivity index (χ0) is 9.19. The zero-order valence-electron chi connectivity index (χ0n) is 8.47. The molecule has 0 bridgehead atoms. The Bertz CT molecular complexity index is 149. The third kappa shape index (κ3) is 1.99. The summed E-state index contributed by atoms with van der Waals surface area (Å²) in [5, 5.41) is 0. The number of nitrogens with two attached hydrogens (primary N) is 1. The second-order valence-corrected chi connectivity index (χ2v) is 4.22. The minimum absolute atomic E-state index is 0.0341. The lowest BCUT2D eigenvalue weighted by Gasteiger charge is -2.41. The molecule has 2 nitrogen and oxygen atoms in total. The molecule has 2 N–H and O–H groups in total. The molecule has 0 aromatic heterocycles. The van der Waals surface area contributed by atoms with Gasteiger partial charge in [0.2, 0.25) is 0 Å². The molecular weight excluding hydrogens is 150 g/mol. The molecule has 0 saturated carbocycles. The Morgan fingerprint density at radius 3 is 2.83 bits per heavy atom. The highest BCUT2D eigenvalue weighted by Gasteiger charge is 2.35. The molecule has 2 heteroatoms.